The average molecular weight is 547 g/mol. The molecule has 9 nitrogen and oxygen atoms in total. The van der Waals surface area contributed by atoms with Crippen molar-refractivity contribution in [2.75, 3.05) is 39.3 Å². The van der Waals surface area contributed by atoms with Crippen LogP contribution in [0.3, 0.4) is 0 Å². The van der Waals surface area contributed by atoms with E-state index in [4.69, 9.17) is 10.4 Å². The number of H-pyrrole nitrogens is 1. The summed E-state index contributed by atoms with van der Waals surface area (Å²) in [5, 5.41) is 11.6. The van der Waals surface area contributed by atoms with E-state index in [9.17, 15) is 9.18 Å². The maximum Gasteiger partial charge on any atom is 0.234 e. The van der Waals surface area contributed by atoms with Crippen LogP contribution in [-0.2, 0) is 4.79 Å². The summed E-state index contributed by atoms with van der Waals surface area (Å²) in [6.07, 6.45) is 11.2. The zero-order valence-corrected chi connectivity index (χ0v) is 23.4. The lowest BCUT2D eigenvalue weighted by Gasteiger charge is -2.36. The van der Waals surface area contributed by atoms with Crippen LogP contribution in [0.15, 0.2) is 53.4 Å². The number of amides is 1. The first-order valence-electron chi connectivity index (χ1n) is 14.2. The van der Waals surface area contributed by atoms with Gasteiger partial charge < -0.3 is 20.1 Å². The Bertz CT molecular complexity index is 1300. The molecule has 10 heteroatoms. The second-order valence-electron chi connectivity index (χ2n) is 11.0. The second-order valence-corrected chi connectivity index (χ2v) is 11.0. The number of carbonyl (C=O) groups is 1. The number of piperazine rings is 1. The fourth-order valence-electron chi connectivity index (χ4n) is 5.62. The van der Waals surface area contributed by atoms with E-state index < -0.39 is 0 Å². The SMILES string of the molecule is CC(C)NC(=O)CN1CCN(C2=CCCC(c3cnc(/C=C\C(=N)N4CCCC4c4cccc(F)c4)[nH]3)=N2)CC1. The van der Waals surface area contributed by atoms with Crippen LogP contribution in [0.2, 0.25) is 0 Å². The Morgan fingerprint density at radius 1 is 1.25 bits per heavy atom. The molecule has 1 atom stereocenters. The van der Waals surface area contributed by atoms with Gasteiger partial charge in [0.2, 0.25) is 5.91 Å². The Labute approximate surface area is 235 Å². The van der Waals surface area contributed by atoms with Crippen LogP contribution in [0.25, 0.3) is 6.08 Å². The number of benzene rings is 1. The Balaban J connectivity index is 1.17. The summed E-state index contributed by atoms with van der Waals surface area (Å²) in [7, 11) is 0. The third-order valence-electron chi connectivity index (χ3n) is 7.57. The van der Waals surface area contributed by atoms with Gasteiger partial charge in [0.25, 0.3) is 0 Å². The number of aliphatic imine (C=N–C) groups is 1. The summed E-state index contributed by atoms with van der Waals surface area (Å²) in [4.78, 5) is 31.4. The summed E-state index contributed by atoms with van der Waals surface area (Å²) in [5.41, 5.74) is 2.77. The van der Waals surface area contributed by atoms with Gasteiger partial charge in [-0.2, -0.15) is 0 Å². The number of hydrogen-bond donors (Lipinski definition) is 3. The summed E-state index contributed by atoms with van der Waals surface area (Å²) in [6.45, 7) is 8.50. The molecule has 5 rings (SSSR count). The maximum absolute atomic E-state index is 13.8. The molecule has 0 saturated carbocycles. The first-order valence-corrected chi connectivity index (χ1v) is 14.2. The zero-order chi connectivity index (χ0) is 28.1. The van der Waals surface area contributed by atoms with Crippen LogP contribution < -0.4 is 5.32 Å². The summed E-state index contributed by atoms with van der Waals surface area (Å²) in [6, 6.07) is 6.86. The lowest BCUT2D eigenvalue weighted by molar-refractivity contribution is -0.123. The Kier molecular flexibility index (Phi) is 8.74. The molecule has 2 aromatic rings. The summed E-state index contributed by atoms with van der Waals surface area (Å²) >= 11 is 0. The van der Waals surface area contributed by atoms with E-state index in [1.165, 1.54) is 6.07 Å². The fraction of sp³-hybridized carbons (Fsp3) is 0.467. The van der Waals surface area contributed by atoms with Gasteiger partial charge >= 0.3 is 0 Å². The van der Waals surface area contributed by atoms with Crippen molar-refractivity contribution >= 4 is 23.5 Å². The van der Waals surface area contributed by atoms with Crippen LogP contribution in [0, 0.1) is 11.2 Å². The Morgan fingerprint density at radius 3 is 2.85 bits per heavy atom. The van der Waals surface area contributed by atoms with Crippen LogP contribution >= 0.6 is 0 Å². The molecule has 0 aliphatic carbocycles. The highest BCUT2D eigenvalue weighted by Crippen LogP contribution is 2.32. The number of halogens is 1. The molecular formula is C30H39FN8O. The number of imidazole rings is 1. The molecule has 1 aromatic carbocycles. The van der Waals surface area contributed by atoms with E-state index in [0.29, 0.717) is 18.2 Å². The van der Waals surface area contributed by atoms with E-state index in [1.54, 1.807) is 18.2 Å². The molecule has 4 heterocycles. The molecule has 3 aliphatic rings. The topological polar surface area (TPSA) is 104 Å². The Morgan fingerprint density at radius 2 is 2.08 bits per heavy atom. The van der Waals surface area contributed by atoms with Gasteiger partial charge in [-0.05, 0) is 75.5 Å². The molecule has 2 saturated heterocycles. The van der Waals surface area contributed by atoms with Gasteiger partial charge in [-0.3, -0.25) is 15.1 Å². The largest absolute Gasteiger partial charge is 0.354 e. The first kappa shape index (κ1) is 27.8. The van der Waals surface area contributed by atoms with Crippen LogP contribution in [0.1, 0.15) is 62.7 Å². The average Bonchev–Trinajstić information content (AvgIpc) is 3.62. The number of aromatic nitrogens is 2. The van der Waals surface area contributed by atoms with Crippen LogP contribution in [0.5, 0.6) is 0 Å². The van der Waals surface area contributed by atoms with Crippen molar-refractivity contribution in [1.29, 1.82) is 5.41 Å². The third kappa shape index (κ3) is 6.85. The maximum atomic E-state index is 13.8. The van der Waals surface area contributed by atoms with Crippen molar-refractivity contribution in [3.63, 3.8) is 0 Å². The Hall–Kier alpha value is -3.79. The first-order chi connectivity index (χ1) is 19.4. The van der Waals surface area contributed by atoms with Gasteiger partial charge in [-0.15, -0.1) is 0 Å². The number of carbonyl (C=O) groups excluding carboxylic acids is 1. The van der Waals surface area contributed by atoms with Gasteiger partial charge in [0, 0.05) is 38.8 Å². The third-order valence-corrected chi connectivity index (χ3v) is 7.57. The van der Waals surface area contributed by atoms with E-state index in [0.717, 1.165) is 81.2 Å². The molecule has 0 bridgehead atoms. The monoisotopic (exact) mass is 546 g/mol. The quantitative estimate of drug-likeness (QED) is 0.344. The summed E-state index contributed by atoms with van der Waals surface area (Å²) in [5.74, 6) is 1.89. The van der Waals surface area contributed by atoms with Gasteiger partial charge in [0.05, 0.1) is 30.2 Å². The highest BCUT2D eigenvalue weighted by Gasteiger charge is 2.27. The van der Waals surface area contributed by atoms with Gasteiger partial charge in [0.1, 0.15) is 23.3 Å². The molecule has 2 fully saturated rings. The zero-order valence-electron chi connectivity index (χ0n) is 23.4. The van der Waals surface area contributed by atoms with Crippen LogP contribution in [-0.4, -0.2) is 87.4 Å². The number of hydrogen-bond acceptors (Lipinski definition) is 6. The standard InChI is InChI=1S/C30H39FN8O/c1-21(2)34-30(40)20-37-14-16-38(17-15-37)29-10-4-8-24(36-29)25-19-33-28(35-25)12-11-27(32)39-13-5-9-26(39)22-6-3-7-23(31)18-22/h3,6-7,10-12,18-19,21,26,32H,4-5,8-9,13-17,20H2,1-2H3,(H,33,35)(H,34,40)/b12-11-,32-27?. The number of allylic oxidation sites excluding steroid dienone is 1. The normalized spacial score (nSPS) is 20.2. The molecule has 0 spiro atoms. The van der Waals surface area contributed by atoms with Crippen molar-refractivity contribution in [3.05, 3.63) is 71.3 Å². The molecule has 0 radical (unpaired) electrons. The number of amidine groups is 1. The fourth-order valence-corrected chi connectivity index (χ4v) is 5.62. The lowest BCUT2D eigenvalue weighted by Crippen LogP contribution is -2.49. The number of aromatic amines is 1. The molecule has 212 valence electrons. The van der Waals surface area contributed by atoms with E-state index in [-0.39, 0.29) is 23.8 Å². The highest BCUT2D eigenvalue weighted by molar-refractivity contribution is 6.00. The van der Waals surface area contributed by atoms with Crippen LogP contribution in [0.4, 0.5) is 4.39 Å². The predicted octanol–water partition coefficient (Wildman–Crippen LogP) is 3.94. The predicted molar refractivity (Wildman–Crippen MR) is 156 cm³/mol. The van der Waals surface area contributed by atoms with E-state index >= 15 is 0 Å². The highest BCUT2D eigenvalue weighted by atomic mass is 19.1. The summed E-state index contributed by atoms with van der Waals surface area (Å²) < 4.78 is 13.8. The van der Waals surface area contributed by atoms with Crippen molar-refractivity contribution in [2.24, 2.45) is 4.99 Å². The van der Waals surface area contributed by atoms with Crippen molar-refractivity contribution in [1.82, 2.24) is 30.0 Å². The van der Waals surface area contributed by atoms with Crippen molar-refractivity contribution < 1.29 is 9.18 Å². The second kappa shape index (κ2) is 12.6. The smallest absolute Gasteiger partial charge is 0.234 e. The molecule has 3 aliphatic heterocycles. The molecule has 3 N–H and O–H groups in total. The number of nitrogens with zero attached hydrogens (tertiary/aromatic N) is 5. The molecular weight excluding hydrogens is 507 g/mol. The number of nitrogens with one attached hydrogen (secondary N) is 3. The minimum Gasteiger partial charge on any atom is -0.354 e. The van der Waals surface area contributed by atoms with Gasteiger partial charge in [-0.25, -0.2) is 14.4 Å². The molecule has 1 aromatic heterocycles. The van der Waals surface area contributed by atoms with Gasteiger partial charge in [0.15, 0.2) is 0 Å². The molecule has 1 amide bonds. The number of rotatable bonds is 8. The van der Waals surface area contributed by atoms with Crippen molar-refractivity contribution in [2.45, 2.75) is 51.6 Å². The molecule has 1 unspecified atom stereocenters. The lowest BCUT2D eigenvalue weighted by atomic mass is 10.0. The van der Waals surface area contributed by atoms with Crippen molar-refractivity contribution in [3.8, 4) is 0 Å². The number of likely N-dealkylation sites (tertiary alicyclic amines) is 1. The van der Waals surface area contributed by atoms with E-state index in [1.807, 2.05) is 37.1 Å². The molecule has 40 heavy (non-hydrogen) atoms. The minimum absolute atomic E-state index is 0.0147. The van der Waals surface area contributed by atoms with E-state index in [2.05, 4.69) is 31.2 Å². The minimum atomic E-state index is -0.244. The van der Waals surface area contributed by atoms with Gasteiger partial charge in [-0.1, -0.05) is 12.1 Å².